The van der Waals surface area contributed by atoms with E-state index in [1.165, 1.54) is 4.68 Å². The molecule has 0 aliphatic carbocycles. The minimum Gasteiger partial charge on any atom is -0.378 e. The van der Waals surface area contributed by atoms with E-state index in [0.29, 0.717) is 23.9 Å². The van der Waals surface area contributed by atoms with Gasteiger partial charge in [-0.3, -0.25) is 4.98 Å². The predicted octanol–water partition coefficient (Wildman–Crippen LogP) is 2.89. The second-order valence-corrected chi connectivity index (χ2v) is 5.32. The third kappa shape index (κ3) is 3.56. The van der Waals surface area contributed by atoms with Gasteiger partial charge in [0.1, 0.15) is 5.82 Å². The summed E-state index contributed by atoms with van der Waals surface area (Å²) in [6.45, 7) is 0.880. The summed E-state index contributed by atoms with van der Waals surface area (Å²) in [6, 6.07) is 17.1. The Balaban J connectivity index is 1.68. The van der Waals surface area contributed by atoms with Crippen LogP contribution < -0.4 is 11.0 Å². The van der Waals surface area contributed by atoms with Gasteiger partial charge in [-0.25, -0.2) is 9.48 Å². The van der Waals surface area contributed by atoms with Crippen molar-refractivity contribution in [2.45, 2.75) is 13.1 Å². The van der Waals surface area contributed by atoms with Crippen LogP contribution in [0.1, 0.15) is 11.4 Å². The van der Waals surface area contributed by atoms with Crippen molar-refractivity contribution in [2.24, 2.45) is 0 Å². The fraction of sp³-hybridized carbons (Fsp3) is 0.125. The number of H-pyrrole nitrogens is 1. The monoisotopic (exact) mass is 314 g/mol. The molecule has 0 atom stereocenters. The Morgan fingerprint density at radius 2 is 1.82 bits per heavy atom. The molecule has 3 rings (SSSR count). The molecule has 1 aromatic heterocycles. The molecule has 3 aromatic rings. The van der Waals surface area contributed by atoms with E-state index in [1.807, 2.05) is 42.5 Å². The molecule has 0 aliphatic heterocycles. The van der Waals surface area contributed by atoms with E-state index in [-0.39, 0.29) is 5.69 Å². The zero-order chi connectivity index (χ0) is 15.4. The molecule has 0 spiro atoms. The summed E-state index contributed by atoms with van der Waals surface area (Å²) in [7, 11) is 0. The smallest absolute Gasteiger partial charge is 0.343 e. The maximum Gasteiger partial charge on any atom is 0.343 e. The normalized spacial score (nSPS) is 10.6. The number of benzene rings is 2. The van der Waals surface area contributed by atoms with Crippen LogP contribution in [0.3, 0.4) is 0 Å². The Hall–Kier alpha value is -2.53. The van der Waals surface area contributed by atoms with Crippen LogP contribution in [0, 0.1) is 0 Å². The molecule has 22 heavy (non-hydrogen) atoms. The minimum absolute atomic E-state index is 0.222. The quantitative estimate of drug-likeness (QED) is 0.761. The SMILES string of the molecule is O=c1[nH]c(CNc2ccccc2)nn1Cc1ccc(Cl)cc1. The lowest BCUT2D eigenvalue weighted by Gasteiger charge is -2.03. The first-order chi connectivity index (χ1) is 10.7. The van der Waals surface area contributed by atoms with Gasteiger partial charge in [-0.1, -0.05) is 41.9 Å². The van der Waals surface area contributed by atoms with Crippen molar-refractivity contribution in [3.63, 3.8) is 0 Å². The number of nitrogens with one attached hydrogen (secondary N) is 2. The van der Waals surface area contributed by atoms with E-state index < -0.39 is 0 Å². The molecule has 112 valence electrons. The Labute approximate surface area is 132 Å². The topological polar surface area (TPSA) is 62.7 Å². The molecule has 0 saturated carbocycles. The van der Waals surface area contributed by atoms with Crippen molar-refractivity contribution in [1.29, 1.82) is 0 Å². The van der Waals surface area contributed by atoms with Gasteiger partial charge in [0.2, 0.25) is 0 Å². The first-order valence-corrected chi connectivity index (χ1v) is 7.28. The van der Waals surface area contributed by atoms with E-state index in [0.717, 1.165) is 11.3 Å². The van der Waals surface area contributed by atoms with Gasteiger partial charge in [0.05, 0.1) is 13.1 Å². The molecule has 5 nitrogen and oxygen atoms in total. The average Bonchev–Trinajstić information content (AvgIpc) is 2.89. The number of rotatable bonds is 5. The lowest BCUT2D eigenvalue weighted by Crippen LogP contribution is -2.18. The van der Waals surface area contributed by atoms with E-state index in [1.54, 1.807) is 12.1 Å². The molecule has 0 saturated heterocycles. The van der Waals surface area contributed by atoms with Crippen molar-refractivity contribution in [1.82, 2.24) is 14.8 Å². The molecule has 0 unspecified atom stereocenters. The third-order valence-corrected chi connectivity index (χ3v) is 3.46. The second-order valence-electron chi connectivity index (χ2n) is 4.88. The van der Waals surface area contributed by atoms with Crippen molar-refractivity contribution in [3.8, 4) is 0 Å². The van der Waals surface area contributed by atoms with Crippen molar-refractivity contribution < 1.29 is 0 Å². The molecule has 0 radical (unpaired) electrons. The first kappa shape index (κ1) is 14.4. The first-order valence-electron chi connectivity index (χ1n) is 6.90. The Kier molecular flexibility index (Phi) is 4.25. The van der Waals surface area contributed by atoms with Crippen LogP contribution in [0.4, 0.5) is 5.69 Å². The number of aromatic nitrogens is 3. The fourth-order valence-electron chi connectivity index (χ4n) is 2.10. The van der Waals surface area contributed by atoms with Gasteiger partial charge in [-0.15, -0.1) is 0 Å². The Bertz CT molecular complexity index is 793. The highest BCUT2D eigenvalue weighted by Crippen LogP contribution is 2.10. The molecule has 0 bridgehead atoms. The molecule has 1 heterocycles. The summed E-state index contributed by atoms with van der Waals surface area (Å²) >= 11 is 5.85. The predicted molar refractivity (Wildman–Crippen MR) is 87.2 cm³/mol. The maximum atomic E-state index is 11.9. The number of nitrogens with zero attached hydrogens (tertiary/aromatic N) is 2. The summed E-state index contributed by atoms with van der Waals surface area (Å²) in [4.78, 5) is 14.7. The Morgan fingerprint density at radius 1 is 1.09 bits per heavy atom. The van der Waals surface area contributed by atoms with Gasteiger partial charge >= 0.3 is 5.69 Å². The van der Waals surface area contributed by atoms with Crippen LogP contribution >= 0.6 is 11.6 Å². The van der Waals surface area contributed by atoms with Gasteiger partial charge in [0.25, 0.3) is 0 Å². The number of hydrogen-bond acceptors (Lipinski definition) is 3. The fourth-order valence-corrected chi connectivity index (χ4v) is 2.22. The van der Waals surface area contributed by atoms with Crippen LogP contribution in [0.5, 0.6) is 0 Å². The van der Waals surface area contributed by atoms with E-state index in [4.69, 9.17) is 11.6 Å². The highest BCUT2D eigenvalue weighted by molar-refractivity contribution is 6.30. The van der Waals surface area contributed by atoms with Gasteiger partial charge in [0.15, 0.2) is 0 Å². The van der Waals surface area contributed by atoms with E-state index in [2.05, 4.69) is 15.4 Å². The van der Waals surface area contributed by atoms with Crippen molar-refractivity contribution in [3.05, 3.63) is 81.5 Å². The lowest BCUT2D eigenvalue weighted by atomic mass is 10.2. The molecule has 2 aromatic carbocycles. The van der Waals surface area contributed by atoms with Gasteiger partial charge in [0, 0.05) is 10.7 Å². The summed E-state index contributed by atoms with van der Waals surface area (Å²) in [6.07, 6.45) is 0. The summed E-state index contributed by atoms with van der Waals surface area (Å²) in [5.41, 5.74) is 1.73. The van der Waals surface area contributed by atoms with Crippen molar-refractivity contribution >= 4 is 17.3 Å². The standard InChI is InChI=1S/C16H15ClN4O/c17-13-8-6-12(7-9-13)11-21-16(22)19-15(20-21)10-18-14-4-2-1-3-5-14/h1-9,18H,10-11H2,(H,19,20,22). The van der Waals surface area contributed by atoms with Crippen LogP contribution in [-0.4, -0.2) is 14.8 Å². The maximum absolute atomic E-state index is 11.9. The van der Waals surface area contributed by atoms with Crippen LogP contribution in [-0.2, 0) is 13.1 Å². The molecule has 2 N–H and O–H groups in total. The zero-order valence-corrected chi connectivity index (χ0v) is 12.5. The highest BCUT2D eigenvalue weighted by atomic mass is 35.5. The molecule has 0 amide bonds. The van der Waals surface area contributed by atoms with Gasteiger partial charge in [-0.2, -0.15) is 5.10 Å². The van der Waals surface area contributed by atoms with Crippen LogP contribution in [0.15, 0.2) is 59.4 Å². The van der Waals surface area contributed by atoms with E-state index >= 15 is 0 Å². The minimum atomic E-state index is -0.222. The lowest BCUT2D eigenvalue weighted by molar-refractivity contribution is 0.651. The van der Waals surface area contributed by atoms with E-state index in [9.17, 15) is 4.79 Å². The number of halogens is 1. The highest BCUT2D eigenvalue weighted by Gasteiger charge is 2.05. The van der Waals surface area contributed by atoms with Gasteiger partial charge in [-0.05, 0) is 29.8 Å². The molecular formula is C16H15ClN4O. The number of anilines is 1. The molecule has 0 fully saturated rings. The molecule has 0 aliphatic rings. The van der Waals surface area contributed by atoms with Crippen LogP contribution in [0.25, 0.3) is 0 Å². The average molecular weight is 315 g/mol. The summed E-state index contributed by atoms with van der Waals surface area (Å²) in [5.74, 6) is 0.600. The Morgan fingerprint density at radius 3 is 2.55 bits per heavy atom. The van der Waals surface area contributed by atoms with Crippen LogP contribution in [0.2, 0.25) is 5.02 Å². The summed E-state index contributed by atoms with van der Waals surface area (Å²) < 4.78 is 1.41. The molecular weight excluding hydrogens is 300 g/mol. The summed E-state index contributed by atoms with van der Waals surface area (Å²) in [5, 5.41) is 8.18. The molecule has 6 heteroatoms. The largest absolute Gasteiger partial charge is 0.378 e. The van der Waals surface area contributed by atoms with Crippen molar-refractivity contribution in [2.75, 3.05) is 5.32 Å². The second kappa shape index (κ2) is 6.49. The zero-order valence-electron chi connectivity index (χ0n) is 11.8. The third-order valence-electron chi connectivity index (χ3n) is 3.21. The number of aromatic amines is 1. The van der Waals surface area contributed by atoms with Gasteiger partial charge < -0.3 is 5.32 Å². The number of hydrogen-bond donors (Lipinski definition) is 2. The number of para-hydroxylation sites is 1.